The first kappa shape index (κ1) is 23.5. The average molecular weight is 495 g/mol. The summed E-state index contributed by atoms with van der Waals surface area (Å²) in [6.07, 6.45) is 13.5. The van der Waals surface area contributed by atoms with Crippen molar-refractivity contribution >= 4 is 23.0 Å². The van der Waals surface area contributed by atoms with Crippen molar-refractivity contribution in [3.8, 4) is 11.3 Å². The van der Waals surface area contributed by atoms with E-state index in [9.17, 15) is 9.59 Å². The lowest BCUT2D eigenvalue weighted by atomic mass is 9.74. The fraction of sp³-hybridized carbons (Fsp3) is 0.345. The molecule has 1 amide bonds. The monoisotopic (exact) mass is 494 g/mol. The van der Waals surface area contributed by atoms with E-state index in [0.29, 0.717) is 23.0 Å². The number of hydrogen-bond acceptors (Lipinski definition) is 6. The van der Waals surface area contributed by atoms with Crippen molar-refractivity contribution in [1.29, 1.82) is 0 Å². The van der Waals surface area contributed by atoms with Crippen LogP contribution in [0, 0.1) is 5.92 Å². The molecule has 2 unspecified atom stereocenters. The summed E-state index contributed by atoms with van der Waals surface area (Å²) in [7, 11) is 0. The minimum atomic E-state index is -0.317. The number of imidazole rings is 1. The molecule has 6 rings (SSSR count). The van der Waals surface area contributed by atoms with E-state index in [1.54, 1.807) is 43.1 Å². The van der Waals surface area contributed by atoms with Crippen molar-refractivity contribution in [3.05, 3.63) is 78.1 Å². The number of ketones is 1. The van der Waals surface area contributed by atoms with Crippen molar-refractivity contribution in [3.63, 3.8) is 0 Å². The van der Waals surface area contributed by atoms with E-state index >= 15 is 0 Å². The van der Waals surface area contributed by atoms with Gasteiger partial charge in [-0.3, -0.25) is 14.6 Å². The van der Waals surface area contributed by atoms with E-state index in [0.717, 1.165) is 61.0 Å². The van der Waals surface area contributed by atoms with Crippen LogP contribution in [0.25, 0.3) is 16.8 Å². The van der Waals surface area contributed by atoms with Crippen LogP contribution in [0.4, 0.5) is 5.82 Å². The third-order valence-electron chi connectivity index (χ3n) is 7.79. The maximum atomic E-state index is 14.1. The van der Waals surface area contributed by atoms with Crippen molar-refractivity contribution < 1.29 is 9.59 Å². The predicted molar refractivity (Wildman–Crippen MR) is 142 cm³/mol. The van der Waals surface area contributed by atoms with Crippen LogP contribution in [0.15, 0.2) is 61.4 Å². The third-order valence-corrected chi connectivity index (χ3v) is 7.79. The van der Waals surface area contributed by atoms with E-state index in [-0.39, 0.29) is 23.5 Å². The number of fused-ring (bicyclic) bond motifs is 1. The molecule has 188 valence electrons. The number of carbonyl (C=O) groups excluding carboxylic acids is 2. The Morgan fingerprint density at radius 1 is 1.05 bits per heavy atom. The van der Waals surface area contributed by atoms with Gasteiger partial charge in [0.25, 0.3) is 5.91 Å². The fourth-order valence-electron chi connectivity index (χ4n) is 5.49. The molecule has 1 aliphatic heterocycles. The molecule has 2 fully saturated rings. The van der Waals surface area contributed by atoms with Crippen molar-refractivity contribution in [2.75, 3.05) is 11.9 Å². The minimum absolute atomic E-state index is 0.0497. The normalized spacial score (nSPS) is 19.9. The maximum Gasteiger partial charge on any atom is 0.257 e. The lowest BCUT2D eigenvalue weighted by molar-refractivity contribution is 0.0847. The van der Waals surface area contributed by atoms with Gasteiger partial charge in [0, 0.05) is 48.2 Å². The smallest absolute Gasteiger partial charge is 0.257 e. The second-order valence-electron chi connectivity index (χ2n) is 10.2. The lowest BCUT2D eigenvalue weighted by Gasteiger charge is -2.33. The molecule has 2 N–H and O–H groups in total. The molecule has 8 heteroatoms. The highest BCUT2D eigenvalue weighted by atomic mass is 16.2. The Labute approximate surface area is 215 Å². The Morgan fingerprint density at radius 2 is 1.95 bits per heavy atom. The van der Waals surface area contributed by atoms with Crippen LogP contribution in [0.1, 0.15) is 71.2 Å². The first-order valence-electron chi connectivity index (χ1n) is 13.0. The summed E-state index contributed by atoms with van der Waals surface area (Å²) in [5.41, 5.74) is 4.42. The molecule has 3 aromatic heterocycles. The number of hydrogen-bond donors (Lipinski definition) is 2. The van der Waals surface area contributed by atoms with Gasteiger partial charge in [-0.1, -0.05) is 18.6 Å². The number of rotatable bonds is 6. The molecule has 2 aliphatic rings. The maximum absolute atomic E-state index is 14.1. The predicted octanol–water partition coefficient (Wildman–Crippen LogP) is 4.88. The Bertz CT molecular complexity index is 1450. The molecular weight excluding hydrogens is 464 g/mol. The SMILES string of the molecule is CC1CCC(c2c(-c3ncn4ccncc34)ccc(C(=O)Nc3ccccn3)c2C(=O)C2CCC2)CN1. The summed E-state index contributed by atoms with van der Waals surface area (Å²) in [5, 5.41) is 6.49. The van der Waals surface area contributed by atoms with Gasteiger partial charge < -0.3 is 15.0 Å². The highest BCUT2D eigenvalue weighted by molar-refractivity contribution is 6.15. The zero-order valence-corrected chi connectivity index (χ0v) is 20.9. The Hall–Kier alpha value is -3.91. The van der Waals surface area contributed by atoms with E-state index in [4.69, 9.17) is 4.98 Å². The topological polar surface area (TPSA) is 101 Å². The summed E-state index contributed by atoms with van der Waals surface area (Å²) in [4.78, 5) is 41.0. The van der Waals surface area contributed by atoms with Crippen LogP contribution in [0.2, 0.25) is 0 Å². The van der Waals surface area contributed by atoms with Gasteiger partial charge in [0.05, 0.1) is 23.0 Å². The molecule has 0 spiro atoms. The van der Waals surface area contributed by atoms with Crippen LogP contribution in [0.5, 0.6) is 0 Å². The van der Waals surface area contributed by atoms with Crippen LogP contribution >= 0.6 is 0 Å². The molecule has 2 atom stereocenters. The van der Waals surface area contributed by atoms with Gasteiger partial charge in [-0.15, -0.1) is 0 Å². The zero-order chi connectivity index (χ0) is 25.4. The quantitative estimate of drug-likeness (QED) is 0.371. The summed E-state index contributed by atoms with van der Waals surface area (Å²) in [6.45, 7) is 2.93. The van der Waals surface area contributed by atoms with Gasteiger partial charge >= 0.3 is 0 Å². The molecule has 37 heavy (non-hydrogen) atoms. The number of nitrogens with zero attached hydrogens (tertiary/aromatic N) is 4. The summed E-state index contributed by atoms with van der Waals surface area (Å²) < 4.78 is 1.93. The number of carbonyl (C=O) groups is 2. The second kappa shape index (κ2) is 9.86. The first-order valence-corrected chi connectivity index (χ1v) is 13.0. The lowest BCUT2D eigenvalue weighted by Crippen LogP contribution is -2.37. The minimum Gasteiger partial charge on any atom is -0.314 e. The van der Waals surface area contributed by atoms with Gasteiger partial charge in [0.1, 0.15) is 12.1 Å². The summed E-state index contributed by atoms with van der Waals surface area (Å²) in [6, 6.07) is 9.52. The number of amides is 1. The van der Waals surface area contributed by atoms with Crippen molar-refractivity contribution in [1.82, 2.24) is 24.7 Å². The Kier molecular flexibility index (Phi) is 6.26. The molecule has 1 aromatic carbocycles. The molecule has 1 saturated carbocycles. The third kappa shape index (κ3) is 4.42. The standard InChI is InChI=1S/C29H30N6O2/c1-18-8-9-20(15-32-18)25-21(27-23-16-30-13-14-35(23)17-33-27)10-11-22(26(25)28(36)19-5-4-6-19)29(37)34-24-7-2-3-12-31-24/h2-3,7,10-14,16-20,32H,4-6,8-9,15H2,1H3,(H,31,34,37). The average Bonchev–Trinajstić information content (AvgIpc) is 3.32. The molecule has 0 bridgehead atoms. The van der Waals surface area contributed by atoms with E-state index < -0.39 is 0 Å². The molecular formula is C29H30N6O2. The number of benzene rings is 1. The number of anilines is 1. The Balaban J connectivity index is 1.55. The van der Waals surface area contributed by atoms with E-state index in [1.807, 2.05) is 22.7 Å². The van der Waals surface area contributed by atoms with Crippen LogP contribution in [0.3, 0.4) is 0 Å². The number of pyridine rings is 1. The molecule has 4 heterocycles. The first-order chi connectivity index (χ1) is 18.1. The summed E-state index contributed by atoms with van der Waals surface area (Å²) in [5.74, 6) is 0.240. The highest BCUT2D eigenvalue weighted by Crippen LogP contribution is 2.41. The molecule has 1 saturated heterocycles. The molecule has 0 radical (unpaired) electrons. The largest absolute Gasteiger partial charge is 0.314 e. The van der Waals surface area contributed by atoms with Crippen LogP contribution < -0.4 is 10.6 Å². The zero-order valence-electron chi connectivity index (χ0n) is 20.9. The second-order valence-corrected chi connectivity index (χ2v) is 10.2. The van der Waals surface area contributed by atoms with Gasteiger partial charge in [-0.05, 0) is 62.3 Å². The molecule has 8 nitrogen and oxygen atoms in total. The number of Topliss-reactive ketones (excluding diaryl/α,β-unsaturated/α-hetero) is 1. The van der Waals surface area contributed by atoms with Gasteiger partial charge in [0.15, 0.2) is 5.78 Å². The highest BCUT2D eigenvalue weighted by Gasteiger charge is 2.35. The number of nitrogens with one attached hydrogen (secondary N) is 2. The van der Waals surface area contributed by atoms with Gasteiger partial charge in [0.2, 0.25) is 0 Å². The number of aromatic nitrogens is 4. The number of piperidine rings is 1. The summed E-state index contributed by atoms with van der Waals surface area (Å²) >= 11 is 0. The van der Waals surface area contributed by atoms with Gasteiger partial charge in [-0.2, -0.15) is 0 Å². The van der Waals surface area contributed by atoms with Crippen LogP contribution in [-0.4, -0.2) is 43.6 Å². The van der Waals surface area contributed by atoms with Crippen molar-refractivity contribution in [2.24, 2.45) is 5.92 Å². The van der Waals surface area contributed by atoms with Gasteiger partial charge in [-0.25, -0.2) is 9.97 Å². The van der Waals surface area contributed by atoms with E-state index in [2.05, 4.69) is 27.5 Å². The van der Waals surface area contributed by atoms with E-state index in [1.165, 1.54) is 0 Å². The molecule has 1 aliphatic carbocycles. The Morgan fingerprint density at radius 3 is 2.68 bits per heavy atom. The van der Waals surface area contributed by atoms with Crippen molar-refractivity contribution in [2.45, 2.75) is 51.0 Å². The van der Waals surface area contributed by atoms with Crippen LogP contribution in [-0.2, 0) is 0 Å². The fourth-order valence-corrected chi connectivity index (χ4v) is 5.49. The molecule has 4 aromatic rings.